The van der Waals surface area contributed by atoms with Crippen LogP contribution in [0.5, 0.6) is 0 Å². The van der Waals surface area contributed by atoms with Gasteiger partial charge in [0.25, 0.3) is 0 Å². The lowest BCUT2D eigenvalue weighted by molar-refractivity contribution is 0.326. The van der Waals surface area contributed by atoms with E-state index in [1.807, 2.05) is 80.6 Å². The molecule has 0 bridgehead atoms. The molecule has 0 aromatic carbocycles. The van der Waals surface area contributed by atoms with Gasteiger partial charge in [0, 0.05) is 49.9 Å². The first-order chi connectivity index (χ1) is 26.0. The van der Waals surface area contributed by atoms with Crippen molar-refractivity contribution in [1.29, 1.82) is 0 Å². The Labute approximate surface area is 334 Å². The number of aryl methyl sites for hydroxylation is 3. The number of nitrogens with two attached hydrogens (primary N) is 3. The van der Waals surface area contributed by atoms with Crippen molar-refractivity contribution < 1.29 is 0 Å². The van der Waals surface area contributed by atoms with Crippen LogP contribution in [-0.4, -0.2) is 94.1 Å². The molecule has 54 heavy (non-hydrogen) atoms. The molecule has 0 saturated carbocycles. The van der Waals surface area contributed by atoms with Crippen LogP contribution in [0.15, 0.2) is 73.8 Å². The number of imidazole rings is 2. The lowest BCUT2D eigenvalue weighted by Crippen LogP contribution is -2.20. The van der Waals surface area contributed by atoms with Crippen LogP contribution in [0.25, 0.3) is 5.65 Å². The zero-order valence-corrected chi connectivity index (χ0v) is 37.3. The molecule has 0 spiro atoms. The lowest BCUT2D eigenvalue weighted by atomic mass is 10.2. The summed E-state index contributed by atoms with van der Waals surface area (Å²) >= 11 is 0. The van der Waals surface area contributed by atoms with Gasteiger partial charge in [-0.15, -0.1) is 0 Å². The van der Waals surface area contributed by atoms with Gasteiger partial charge in [0.15, 0.2) is 0 Å². The minimum atomic E-state index is 0.819. The van der Waals surface area contributed by atoms with Gasteiger partial charge in [0.05, 0.1) is 6.33 Å². The SMILES string of the molecule is CCCCCN.CCCCCN(C)CCC.CCCCN.CCCN.CCCN(C)C.Cc1cccnc1.Cc1cnc2ccccn12.Cn1ccnc1. The number of fused-ring (bicyclic) bond motifs is 1. The van der Waals surface area contributed by atoms with Crippen molar-refractivity contribution in [3.8, 4) is 0 Å². The van der Waals surface area contributed by atoms with E-state index in [1.165, 1.54) is 95.1 Å². The predicted octanol–water partition coefficient (Wildman–Crippen LogP) is 9.16. The van der Waals surface area contributed by atoms with Crippen LogP contribution in [0.4, 0.5) is 0 Å². The fourth-order valence-corrected chi connectivity index (χ4v) is 4.00. The number of hydrogen-bond donors (Lipinski definition) is 3. The topological polar surface area (TPSA) is 133 Å². The molecule has 10 heteroatoms. The fraction of sp³-hybridized carbons (Fsp3) is 0.659. The average molecular weight is 757 g/mol. The predicted molar refractivity (Wildman–Crippen MR) is 240 cm³/mol. The van der Waals surface area contributed by atoms with Gasteiger partial charge in [-0.1, -0.05) is 85.8 Å². The van der Waals surface area contributed by atoms with Gasteiger partial charge in [-0.05, 0) is 137 Å². The third-order valence-electron chi connectivity index (χ3n) is 7.12. The highest BCUT2D eigenvalue weighted by atomic mass is 15.1. The third kappa shape index (κ3) is 46.9. The molecule has 0 aliphatic carbocycles. The second-order valence-electron chi connectivity index (χ2n) is 13.3. The molecule has 0 amide bonds. The average Bonchev–Trinajstić information content (AvgIpc) is 3.81. The van der Waals surface area contributed by atoms with Gasteiger partial charge in [-0.2, -0.15) is 0 Å². The molecule has 4 aromatic heterocycles. The zero-order valence-electron chi connectivity index (χ0n) is 37.3. The highest BCUT2D eigenvalue weighted by molar-refractivity contribution is 5.39. The summed E-state index contributed by atoms with van der Waals surface area (Å²) in [4.78, 5) is 16.4. The highest BCUT2D eigenvalue weighted by Crippen LogP contribution is 2.03. The minimum absolute atomic E-state index is 0.819. The van der Waals surface area contributed by atoms with Crippen molar-refractivity contribution in [2.45, 2.75) is 126 Å². The Morgan fingerprint density at radius 2 is 1.20 bits per heavy atom. The fourth-order valence-electron chi connectivity index (χ4n) is 4.00. The maximum atomic E-state index is 5.21. The van der Waals surface area contributed by atoms with Crippen LogP contribution in [-0.2, 0) is 7.05 Å². The summed E-state index contributed by atoms with van der Waals surface area (Å²) in [6.07, 6.45) is 26.7. The van der Waals surface area contributed by atoms with Gasteiger partial charge in [0.2, 0.25) is 0 Å². The van der Waals surface area contributed by atoms with E-state index in [1.54, 1.807) is 18.7 Å². The quantitative estimate of drug-likeness (QED) is 0.109. The van der Waals surface area contributed by atoms with Crippen LogP contribution >= 0.6 is 0 Å². The maximum absolute atomic E-state index is 5.21. The molecule has 0 aliphatic rings. The Morgan fingerprint density at radius 1 is 0.593 bits per heavy atom. The number of pyridine rings is 2. The molecular formula is C44H88N10. The first kappa shape index (κ1) is 57.6. The minimum Gasteiger partial charge on any atom is -0.341 e. The third-order valence-corrected chi connectivity index (χ3v) is 7.12. The Bertz CT molecular complexity index is 1170. The van der Waals surface area contributed by atoms with Crippen LogP contribution in [0.3, 0.4) is 0 Å². The molecule has 6 N–H and O–H groups in total. The van der Waals surface area contributed by atoms with Gasteiger partial charge in [0.1, 0.15) is 5.65 Å². The Morgan fingerprint density at radius 3 is 1.52 bits per heavy atom. The van der Waals surface area contributed by atoms with Gasteiger partial charge < -0.3 is 36.0 Å². The molecule has 314 valence electrons. The maximum Gasteiger partial charge on any atom is 0.136 e. The van der Waals surface area contributed by atoms with E-state index in [9.17, 15) is 0 Å². The first-order valence-electron chi connectivity index (χ1n) is 20.6. The number of nitrogens with zero attached hydrogens (tertiary/aromatic N) is 7. The summed E-state index contributed by atoms with van der Waals surface area (Å²) in [6.45, 7) is 23.3. The summed E-state index contributed by atoms with van der Waals surface area (Å²) in [5.74, 6) is 0. The van der Waals surface area contributed by atoms with Crippen molar-refractivity contribution in [3.05, 3.63) is 85.1 Å². The summed E-state index contributed by atoms with van der Waals surface area (Å²) in [5.41, 5.74) is 18.8. The molecule has 0 aliphatic heterocycles. The molecule has 0 atom stereocenters. The van der Waals surface area contributed by atoms with Crippen molar-refractivity contribution in [1.82, 2.24) is 33.7 Å². The van der Waals surface area contributed by atoms with E-state index < -0.39 is 0 Å². The smallest absolute Gasteiger partial charge is 0.136 e. The largest absolute Gasteiger partial charge is 0.341 e. The molecule has 4 heterocycles. The van der Waals surface area contributed by atoms with E-state index in [4.69, 9.17) is 17.2 Å². The summed E-state index contributed by atoms with van der Waals surface area (Å²) in [6, 6.07) is 9.93. The van der Waals surface area contributed by atoms with E-state index in [0.717, 1.165) is 31.7 Å². The second kappa shape index (κ2) is 47.9. The molecule has 0 saturated heterocycles. The molecule has 0 radical (unpaired) electrons. The van der Waals surface area contributed by atoms with E-state index in [-0.39, 0.29) is 0 Å². The van der Waals surface area contributed by atoms with E-state index in [2.05, 4.69) is 91.8 Å². The monoisotopic (exact) mass is 757 g/mol. The number of unbranched alkanes of at least 4 members (excludes halogenated alkanes) is 5. The zero-order chi connectivity index (χ0) is 41.7. The normalized spacial score (nSPS) is 9.50. The molecule has 10 nitrogen and oxygen atoms in total. The molecule has 4 rings (SSSR count). The molecule has 0 fully saturated rings. The van der Waals surface area contributed by atoms with Crippen LogP contribution < -0.4 is 17.2 Å². The van der Waals surface area contributed by atoms with E-state index >= 15 is 0 Å². The van der Waals surface area contributed by atoms with Crippen molar-refractivity contribution in [2.75, 3.05) is 60.4 Å². The van der Waals surface area contributed by atoms with Crippen molar-refractivity contribution >= 4 is 5.65 Å². The molecular weight excluding hydrogens is 669 g/mol. The Hall–Kier alpha value is -3.15. The molecule has 4 aromatic rings. The number of rotatable bonds is 14. The number of hydrogen-bond acceptors (Lipinski definition) is 8. The van der Waals surface area contributed by atoms with Gasteiger partial charge >= 0.3 is 0 Å². The standard InChI is InChI=1S/C9H21N.C8H8N2.C6H7N.2C5H13N.C4H6N2.C4H11N.C3H9N/c1-4-6-7-9-10(3)8-5-2;1-7-6-9-8-4-2-3-5-10(7)8;1-6-3-2-4-7-5-6;1-4-5-6(2)3;1-2-3-4-5-6;1-6-3-2-5-4-6;1-2-3-4-5;1-2-3-4/h4-9H2,1-3H3;2-6H,1H3;2-5H,1H3;4-5H2,1-3H3;2-6H2,1H3;2-4H,1H3;2-5H2,1H3;2-4H2,1H3. The van der Waals surface area contributed by atoms with Crippen LogP contribution in [0, 0.1) is 13.8 Å². The summed E-state index contributed by atoms with van der Waals surface area (Å²) in [5, 5.41) is 0. The van der Waals surface area contributed by atoms with Gasteiger partial charge in [-0.3, -0.25) is 4.98 Å². The van der Waals surface area contributed by atoms with E-state index in [0.29, 0.717) is 0 Å². The Balaban J connectivity index is -0.000000270. The van der Waals surface area contributed by atoms with Crippen LogP contribution in [0.1, 0.15) is 123 Å². The highest BCUT2D eigenvalue weighted by Gasteiger charge is 1.94. The Kier molecular flexibility index (Phi) is 51.0. The molecule has 0 unspecified atom stereocenters. The van der Waals surface area contributed by atoms with Crippen molar-refractivity contribution in [2.24, 2.45) is 24.2 Å². The number of aromatic nitrogens is 5. The van der Waals surface area contributed by atoms with Crippen LogP contribution in [0.2, 0.25) is 0 Å². The lowest BCUT2D eigenvalue weighted by Gasteiger charge is -2.14. The second-order valence-corrected chi connectivity index (χ2v) is 13.3. The van der Waals surface area contributed by atoms with Crippen molar-refractivity contribution in [3.63, 3.8) is 0 Å². The van der Waals surface area contributed by atoms with Gasteiger partial charge in [-0.25, -0.2) is 9.97 Å². The first-order valence-corrected chi connectivity index (χ1v) is 20.6. The summed E-state index contributed by atoms with van der Waals surface area (Å²) < 4.78 is 3.94. The summed E-state index contributed by atoms with van der Waals surface area (Å²) in [7, 11) is 8.32.